The van der Waals surface area contributed by atoms with Crippen LogP contribution in [0.25, 0.3) is 0 Å². The molecule has 0 spiro atoms. The zero-order valence-corrected chi connectivity index (χ0v) is 10.5. The number of sulfonamides is 1. The molecule has 2 rings (SSSR count). The molecule has 1 fully saturated rings. The number of benzene rings is 1. The van der Waals surface area contributed by atoms with Crippen LogP contribution in [0.15, 0.2) is 23.1 Å². The Morgan fingerprint density at radius 1 is 1.44 bits per heavy atom. The van der Waals surface area contributed by atoms with Crippen molar-refractivity contribution in [2.75, 3.05) is 5.73 Å². The molecule has 98 valence electrons. The predicted octanol–water partition coefficient (Wildman–Crippen LogP) is 1.01. The fourth-order valence-corrected chi connectivity index (χ4v) is 3.14. The molecule has 1 aliphatic carbocycles. The molecule has 0 amide bonds. The van der Waals surface area contributed by atoms with E-state index in [0.717, 1.165) is 31.0 Å². The molecule has 1 aliphatic rings. The standard InChI is InChI=1S/C10H13N3O4S/c1-10(4-5-10)12-18(16,17)9-3-2-7(13(14)15)6-8(9)11/h2-3,6,12H,4-5,11H2,1H3. The average Bonchev–Trinajstić information content (AvgIpc) is 2.93. The third-order valence-corrected chi connectivity index (χ3v) is 4.59. The minimum atomic E-state index is -3.73. The van der Waals surface area contributed by atoms with Crippen molar-refractivity contribution in [3.05, 3.63) is 28.3 Å². The summed E-state index contributed by atoms with van der Waals surface area (Å²) in [6.45, 7) is 1.80. The Morgan fingerprint density at radius 3 is 2.50 bits per heavy atom. The van der Waals surface area contributed by atoms with Gasteiger partial charge in [0, 0.05) is 17.7 Å². The maximum absolute atomic E-state index is 12.0. The molecule has 0 saturated heterocycles. The molecule has 1 saturated carbocycles. The van der Waals surface area contributed by atoms with Crippen LogP contribution in [-0.4, -0.2) is 18.9 Å². The molecule has 7 nitrogen and oxygen atoms in total. The molecule has 18 heavy (non-hydrogen) atoms. The van der Waals surface area contributed by atoms with Crippen molar-refractivity contribution < 1.29 is 13.3 Å². The van der Waals surface area contributed by atoms with Gasteiger partial charge in [-0.3, -0.25) is 10.1 Å². The molecule has 0 unspecified atom stereocenters. The largest absolute Gasteiger partial charge is 0.397 e. The van der Waals surface area contributed by atoms with Gasteiger partial charge in [-0.2, -0.15) is 0 Å². The van der Waals surface area contributed by atoms with Crippen LogP contribution in [0, 0.1) is 10.1 Å². The number of nitrogens with zero attached hydrogens (tertiary/aromatic N) is 1. The van der Waals surface area contributed by atoms with E-state index >= 15 is 0 Å². The van der Waals surface area contributed by atoms with Crippen molar-refractivity contribution in [3.8, 4) is 0 Å². The number of nitrogen functional groups attached to an aromatic ring is 1. The van der Waals surface area contributed by atoms with Crippen LogP contribution < -0.4 is 10.5 Å². The Bertz CT molecular complexity index is 608. The molecule has 1 aromatic rings. The van der Waals surface area contributed by atoms with Gasteiger partial charge in [0.15, 0.2) is 0 Å². The quantitative estimate of drug-likeness (QED) is 0.481. The van der Waals surface area contributed by atoms with E-state index in [1.165, 1.54) is 0 Å². The number of nitrogens with one attached hydrogen (secondary N) is 1. The second kappa shape index (κ2) is 3.92. The molecule has 8 heteroatoms. The van der Waals surface area contributed by atoms with Crippen molar-refractivity contribution in [3.63, 3.8) is 0 Å². The summed E-state index contributed by atoms with van der Waals surface area (Å²) in [5, 5.41) is 10.5. The van der Waals surface area contributed by atoms with E-state index in [-0.39, 0.29) is 16.3 Å². The number of nitrogens with two attached hydrogens (primary N) is 1. The molecule has 0 atom stereocenters. The first-order valence-electron chi connectivity index (χ1n) is 5.31. The normalized spacial score (nSPS) is 17.4. The van der Waals surface area contributed by atoms with Gasteiger partial charge in [-0.05, 0) is 25.8 Å². The first kappa shape index (κ1) is 12.8. The summed E-state index contributed by atoms with van der Waals surface area (Å²) < 4.78 is 26.6. The molecule has 0 bridgehead atoms. The van der Waals surface area contributed by atoms with Crippen LogP contribution in [0.1, 0.15) is 19.8 Å². The van der Waals surface area contributed by atoms with Gasteiger partial charge < -0.3 is 5.73 Å². The lowest BCUT2D eigenvalue weighted by Crippen LogP contribution is -2.34. The average molecular weight is 271 g/mol. The van der Waals surface area contributed by atoms with E-state index in [4.69, 9.17) is 5.73 Å². The van der Waals surface area contributed by atoms with Crippen LogP contribution in [0.5, 0.6) is 0 Å². The van der Waals surface area contributed by atoms with Crippen molar-refractivity contribution in [2.24, 2.45) is 0 Å². The Hall–Kier alpha value is -1.67. The van der Waals surface area contributed by atoms with Gasteiger partial charge in [-0.1, -0.05) is 0 Å². The number of rotatable bonds is 4. The fourth-order valence-electron chi connectivity index (χ4n) is 1.56. The van der Waals surface area contributed by atoms with E-state index < -0.39 is 20.5 Å². The van der Waals surface area contributed by atoms with Crippen molar-refractivity contribution in [2.45, 2.75) is 30.2 Å². The first-order chi connectivity index (χ1) is 8.23. The monoisotopic (exact) mass is 271 g/mol. The highest BCUT2D eigenvalue weighted by molar-refractivity contribution is 7.89. The minimum absolute atomic E-state index is 0.124. The number of hydrogen-bond acceptors (Lipinski definition) is 5. The number of hydrogen-bond donors (Lipinski definition) is 2. The highest BCUT2D eigenvalue weighted by atomic mass is 32.2. The van der Waals surface area contributed by atoms with Crippen LogP contribution in [-0.2, 0) is 10.0 Å². The lowest BCUT2D eigenvalue weighted by Gasteiger charge is -2.13. The molecule has 3 N–H and O–H groups in total. The summed E-state index contributed by atoms with van der Waals surface area (Å²) in [6.07, 6.45) is 1.55. The molecule has 0 heterocycles. The third-order valence-electron chi connectivity index (χ3n) is 2.87. The molecule has 0 radical (unpaired) electrons. The topological polar surface area (TPSA) is 115 Å². The van der Waals surface area contributed by atoms with Crippen LogP contribution in [0.2, 0.25) is 0 Å². The predicted molar refractivity (Wildman–Crippen MR) is 65.5 cm³/mol. The minimum Gasteiger partial charge on any atom is -0.397 e. The Labute approximate surface area is 104 Å². The van der Waals surface area contributed by atoms with Gasteiger partial charge in [0.2, 0.25) is 10.0 Å². The highest BCUT2D eigenvalue weighted by Crippen LogP contribution is 2.36. The Kier molecular flexibility index (Phi) is 2.78. The van der Waals surface area contributed by atoms with Crippen molar-refractivity contribution in [1.82, 2.24) is 4.72 Å². The Morgan fingerprint density at radius 2 is 2.06 bits per heavy atom. The highest BCUT2D eigenvalue weighted by Gasteiger charge is 2.41. The van der Waals surface area contributed by atoms with E-state index in [1.807, 2.05) is 0 Å². The summed E-state index contributed by atoms with van der Waals surface area (Å²) in [5.74, 6) is 0. The molecule has 0 aliphatic heterocycles. The number of non-ortho nitro benzene ring substituents is 1. The lowest BCUT2D eigenvalue weighted by molar-refractivity contribution is -0.384. The number of nitro benzene ring substituents is 1. The summed E-state index contributed by atoms with van der Waals surface area (Å²) >= 11 is 0. The zero-order valence-electron chi connectivity index (χ0n) is 9.71. The second-order valence-electron chi connectivity index (χ2n) is 4.65. The van der Waals surface area contributed by atoms with E-state index in [2.05, 4.69) is 4.72 Å². The van der Waals surface area contributed by atoms with Crippen molar-refractivity contribution in [1.29, 1.82) is 0 Å². The second-order valence-corrected chi connectivity index (χ2v) is 6.30. The first-order valence-corrected chi connectivity index (χ1v) is 6.80. The lowest BCUT2D eigenvalue weighted by atomic mass is 10.3. The summed E-state index contributed by atoms with van der Waals surface area (Å²) in [5.41, 5.74) is 4.79. The van der Waals surface area contributed by atoms with Gasteiger partial charge in [-0.25, -0.2) is 13.1 Å². The van der Waals surface area contributed by atoms with Gasteiger partial charge >= 0.3 is 0 Å². The fraction of sp³-hybridized carbons (Fsp3) is 0.400. The SMILES string of the molecule is CC1(NS(=O)(=O)c2ccc([N+](=O)[O-])cc2N)CC1. The van der Waals surface area contributed by atoms with Crippen LogP contribution in [0.3, 0.4) is 0 Å². The molecular weight excluding hydrogens is 258 g/mol. The molecule has 0 aromatic heterocycles. The van der Waals surface area contributed by atoms with E-state index in [9.17, 15) is 18.5 Å². The van der Waals surface area contributed by atoms with E-state index in [0.29, 0.717) is 0 Å². The summed E-state index contributed by atoms with van der Waals surface area (Å²) in [7, 11) is -3.73. The summed E-state index contributed by atoms with van der Waals surface area (Å²) in [6, 6.07) is 3.32. The van der Waals surface area contributed by atoms with Gasteiger partial charge in [0.25, 0.3) is 5.69 Å². The third kappa shape index (κ3) is 2.44. The molecule has 1 aromatic carbocycles. The number of nitro groups is 1. The zero-order chi connectivity index (χ0) is 13.6. The Balaban J connectivity index is 2.36. The van der Waals surface area contributed by atoms with Gasteiger partial charge in [-0.15, -0.1) is 0 Å². The maximum atomic E-state index is 12.0. The van der Waals surface area contributed by atoms with E-state index in [1.54, 1.807) is 6.92 Å². The van der Waals surface area contributed by atoms with Gasteiger partial charge in [0.05, 0.1) is 10.6 Å². The smallest absolute Gasteiger partial charge is 0.271 e. The summed E-state index contributed by atoms with van der Waals surface area (Å²) in [4.78, 5) is 9.79. The maximum Gasteiger partial charge on any atom is 0.271 e. The number of anilines is 1. The molecular formula is C10H13N3O4S. The van der Waals surface area contributed by atoms with Crippen LogP contribution in [0.4, 0.5) is 11.4 Å². The van der Waals surface area contributed by atoms with Crippen molar-refractivity contribution >= 4 is 21.4 Å². The van der Waals surface area contributed by atoms with Gasteiger partial charge in [0.1, 0.15) is 4.90 Å². The van der Waals surface area contributed by atoms with Crippen LogP contribution >= 0.6 is 0 Å².